The summed E-state index contributed by atoms with van der Waals surface area (Å²) in [4.78, 5) is 2.39. The van der Waals surface area contributed by atoms with Crippen molar-refractivity contribution in [3.63, 3.8) is 0 Å². The molecule has 0 bridgehead atoms. The van der Waals surface area contributed by atoms with E-state index >= 15 is 0 Å². The van der Waals surface area contributed by atoms with Gasteiger partial charge in [-0.25, -0.2) is 0 Å². The Balaban J connectivity index is 4.22. The second-order valence-corrected chi connectivity index (χ2v) is 6.15. The first-order valence-electron chi connectivity index (χ1n) is 6.83. The topological polar surface area (TPSA) is 47.7 Å². The van der Waals surface area contributed by atoms with E-state index in [2.05, 4.69) is 25.7 Å². The van der Waals surface area contributed by atoms with Gasteiger partial charge in [0, 0.05) is 33.9 Å². The SMILES string of the molecule is COCCN(CCOC)CC(CN)CC(C)(C)C. The zero-order chi connectivity index (χ0) is 14.0. The van der Waals surface area contributed by atoms with Gasteiger partial charge in [0.2, 0.25) is 0 Å². The van der Waals surface area contributed by atoms with Crippen LogP contribution in [0.4, 0.5) is 0 Å². The molecule has 0 aliphatic rings. The van der Waals surface area contributed by atoms with Crippen LogP contribution in [-0.2, 0) is 9.47 Å². The van der Waals surface area contributed by atoms with E-state index in [0.29, 0.717) is 11.3 Å². The molecule has 110 valence electrons. The van der Waals surface area contributed by atoms with Gasteiger partial charge in [0.05, 0.1) is 13.2 Å². The predicted octanol–water partition coefficient (Wildman–Crippen LogP) is 1.59. The van der Waals surface area contributed by atoms with Crippen LogP contribution < -0.4 is 5.73 Å². The number of methoxy groups -OCH3 is 2. The lowest BCUT2D eigenvalue weighted by Gasteiger charge is -2.30. The Hall–Kier alpha value is -0.160. The van der Waals surface area contributed by atoms with Crippen molar-refractivity contribution in [2.24, 2.45) is 17.1 Å². The summed E-state index contributed by atoms with van der Waals surface area (Å²) in [7, 11) is 3.48. The van der Waals surface area contributed by atoms with Gasteiger partial charge in [-0.2, -0.15) is 0 Å². The van der Waals surface area contributed by atoms with Crippen LogP contribution >= 0.6 is 0 Å². The molecular weight excluding hydrogens is 228 g/mol. The molecule has 0 fully saturated rings. The van der Waals surface area contributed by atoms with E-state index in [4.69, 9.17) is 15.2 Å². The fraction of sp³-hybridized carbons (Fsp3) is 1.00. The van der Waals surface area contributed by atoms with Gasteiger partial charge in [-0.15, -0.1) is 0 Å². The van der Waals surface area contributed by atoms with Crippen LogP contribution in [0.15, 0.2) is 0 Å². The van der Waals surface area contributed by atoms with Gasteiger partial charge >= 0.3 is 0 Å². The van der Waals surface area contributed by atoms with Crippen LogP contribution in [0.25, 0.3) is 0 Å². The highest BCUT2D eigenvalue weighted by atomic mass is 16.5. The Kier molecular flexibility index (Phi) is 9.64. The summed E-state index contributed by atoms with van der Waals surface area (Å²) in [5, 5.41) is 0. The Labute approximate surface area is 113 Å². The average Bonchev–Trinajstić information content (AvgIpc) is 2.29. The first-order valence-corrected chi connectivity index (χ1v) is 6.83. The van der Waals surface area contributed by atoms with Gasteiger partial charge in [-0.3, -0.25) is 4.90 Å². The van der Waals surface area contributed by atoms with Crippen LogP contribution in [0.5, 0.6) is 0 Å². The third-order valence-electron chi connectivity index (χ3n) is 2.97. The highest BCUT2D eigenvalue weighted by Gasteiger charge is 2.20. The number of nitrogens with two attached hydrogens (primary N) is 1. The summed E-state index contributed by atoms with van der Waals surface area (Å²) in [5.41, 5.74) is 6.23. The number of hydrogen-bond acceptors (Lipinski definition) is 4. The van der Waals surface area contributed by atoms with Gasteiger partial charge in [-0.05, 0) is 24.3 Å². The summed E-state index contributed by atoms with van der Waals surface area (Å²) < 4.78 is 10.3. The van der Waals surface area contributed by atoms with Gasteiger partial charge in [0.1, 0.15) is 0 Å². The van der Waals surface area contributed by atoms with Crippen LogP contribution in [0.2, 0.25) is 0 Å². The van der Waals surface area contributed by atoms with Crippen LogP contribution in [0, 0.1) is 11.3 Å². The Morgan fingerprint density at radius 1 is 1.06 bits per heavy atom. The van der Waals surface area contributed by atoms with Crippen molar-refractivity contribution in [2.45, 2.75) is 27.2 Å². The molecule has 18 heavy (non-hydrogen) atoms. The molecule has 0 aliphatic carbocycles. The fourth-order valence-corrected chi connectivity index (χ4v) is 2.19. The van der Waals surface area contributed by atoms with Gasteiger partial charge in [-0.1, -0.05) is 20.8 Å². The van der Waals surface area contributed by atoms with Crippen LogP contribution in [0.3, 0.4) is 0 Å². The average molecular weight is 260 g/mol. The minimum Gasteiger partial charge on any atom is -0.383 e. The second-order valence-electron chi connectivity index (χ2n) is 6.15. The molecule has 0 saturated heterocycles. The zero-order valence-corrected chi connectivity index (χ0v) is 12.9. The van der Waals surface area contributed by atoms with E-state index in [1.54, 1.807) is 14.2 Å². The molecule has 0 amide bonds. The van der Waals surface area contributed by atoms with Gasteiger partial charge in [0.15, 0.2) is 0 Å². The molecule has 0 aromatic heterocycles. The molecule has 0 aliphatic heterocycles. The maximum Gasteiger partial charge on any atom is 0.0589 e. The van der Waals surface area contributed by atoms with E-state index in [9.17, 15) is 0 Å². The first-order chi connectivity index (χ1) is 8.42. The third-order valence-corrected chi connectivity index (χ3v) is 2.97. The number of hydrogen-bond donors (Lipinski definition) is 1. The molecule has 0 spiro atoms. The van der Waals surface area contributed by atoms with Crippen molar-refractivity contribution in [3.05, 3.63) is 0 Å². The molecule has 1 atom stereocenters. The van der Waals surface area contributed by atoms with E-state index in [0.717, 1.165) is 45.8 Å². The number of rotatable bonds is 10. The van der Waals surface area contributed by atoms with E-state index in [1.165, 1.54) is 0 Å². The van der Waals surface area contributed by atoms with Crippen LogP contribution in [0.1, 0.15) is 27.2 Å². The quantitative estimate of drug-likeness (QED) is 0.648. The normalized spacial score (nSPS) is 14.2. The zero-order valence-electron chi connectivity index (χ0n) is 12.9. The Bertz CT molecular complexity index is 185. The third kappa shape index (κ3) is 9.83. The van der Waals surface area contributed by atoms with Crippen molar-refractivity contribution in [1.29, 1.82) is 0 Å². The summed E-state index contributed by atoms with van der Waals surface area (Å²) in [6, 6.07) is 0. The molecule has 0 aromatic rings. The predicted molar refractivity (Wildman–Crippen MR) is 76.8 cm³/mol. The Morgan fingerprint density at radius 2 is 1.56 bits per heavy atom. The summed E-state index contributed by atoms with van der Waals surface area (Å²) in [6.07, 6.45) is 1.15. The largest absolute Gasteiger partial charge is 0.383 e. The second kappa shape index (κ2) is 9.73. The van der Waals surface area contributed by atoms with Crippen molar-refractivity contribution in [3.8, 4) is 0 Å². The Morgan fingerprint density at radius 3 is 1.89 bits per heavy atom. The molecule has 0 heterocycles. The van der Waals surface area contributed by atoms with Crippen molar-refractivity contribution in [1.82, 2.24) is 4.90 Å². The van der Waals surface area contributed by atoms with Crippen molar-refractivity contribution >= 4 is 0 Å². The molecule has 0 aromatic carbocycles. The molecule has 0 rings (SSSR count). The fourth-order valence-electron chi connectivity index (χ4n) is 2.19. The lowest BCUT2D eigenvalue weighted by Crippen LogP contribution is -2.38. The number of nitrogens with zero attached hydrogens (tertiary/aromatic N) is 1. The first kappa shape index (κ1) is 17.8. The van der Waals surface area contributed by atoms with Gasteiger partial charge in [0.25, 0.3) is 0 Å². The number of ether oxygens (including phenoxy) is 2. The molecule has 2 N–H and O–H groups in total. The standard InChI is InChI=1S/C14H32N2O2/c1-14(2,3)10-13(11-15)12-16(6-8-17-4)7-9-18-5/h13H,6-12,15H2,1-5H3. The summed E-state index contributed by atoms with van der Waals surface area (Å²) in [6.45, 7) is 12.0. The monoisotopic (exact) mass is 260 g/mol. The lowest BCUT2D eigenvalue weighted by atomic mass is 9.84. The molecule has 4 heteroatoms. The van der Waals surface area contributed by atoms with Crippen molar-refractivity contribution < 1.29 is 9.47 Å². The van der Waals surface area contributed by atoms with E-state index in [1.807, 2.05) is 0 Å². The summed E-state index contributed by atoms with van der Waals surface area (Å²) >= 11 is 0. The molecule has 0 radical (unpaired) electrons. The summed E-state index contributed by atoms with van der Waals surface area (Å²) in [5.74, 6) is 0.540. The molecule has 4 nitrogen and oxygen atoms in total. The van der Waals surface area contributed by atoms with Crippen LogP contribution in [-0.4, -0.2) is 58.5 Å². The highest BCUT2D eigenvalue weighted by molar-refractivity contribution is 4.73. The van der Waals surface area contributed by atoms with Gasteiger partial charge < -0.3 is 15.2 Å². The minimum absolute atomic E-state index is 0.332. The van der Waals surface area contributed by atoms with E-state index in [-0.39, 0.29) is 0 Å². The molecule has 0 saturated carbocycles. The lowest BCUT2D eigenvalue weighted by molar-refractivity contribution is 0.0984. The van der Waals surface area contributed by atoms with Crippen molar-refractivity contribution in [2.75, 3.05) is 53.6 Å². The van der Waals surface area contributed by atoms with E-state index < -0.39 is 0 Å². The maximum absolute atomic E-state index is 5.90. The molecule has 1 unspecified atom stereocenters. The maximum atomic E-state index is 5.90. The highest BCUT2D eigenvalue weighted by Crippen LogP contribution is 2.24. The molecular formula is C14H32N2O2. The minimum atomic E-state index is 0.332. The smallest absolute Gasteiger partial charge is 0.0589 e.